The molecular formula is C23H20FNO5. The van der Waals surface area contributed by atoms with Crippen LogP contribution in [0.4, 0.5) is 10.1 Å². The molecule has 0 saturated heterocycles. The highest BCUT2D eigenvalue weighted by Crippen LogP contribution is 2.28. The number of hydrogen-bond donors (Lipinski definition) is 0. The summed E-state index contributed by atoms with van der Waals surface area (Å²) < 4.78 is 24.2. The van der Waals surface area contributed by atoms with E-state index in [0.717, 1.165) is 23.8 Å². The minimum absolute atomic E-state index is 0.122. The molecule has 0 saturated carbocycles. The van der Waals surface area contributed by atoms with Gasteiger partial charge in [0.05, 0.1) is 4.92 Å². The van der Waals surface area contributed by atoms with Gasteiger partial charge >= 0.3 is 5.69 Å². The van der Waals surface area contributed by atoms with Crippen LogP contribution in [0, 0.1) is 15.9 Å². The van der Waals surface area contributed by atoms with Crippen LogP contribution < -0.4 is 4.74 Å². The lowest BCUT2D eigenvalue weighted by molar-refractivity contribution is -0.386. The summed E-state index contributed by atoms with van der Waals surface area (Å²) >= 11 is 0. The van der Waals surface area contributed by atoms with Crippen LogP contribution in [0.15, 0.2) is 65.1 Å². The van der Waals surface area contributed by atoms with Crippen LogP contribution in [0.3, 0.4) is 0 Å². The number of nitrogens with zero attached hydrogens (tertiary/aromatic N) is 1. The zero-order chi connectivity index (χ0) is 21.7. The van der Waals surface area contributed by atoms with Crippen molar-refractivity contribution in [3.05, 3.63) is 99.3 Å². The largest absolute Gasteiger partial charge is 0.479 e. The van der Waals surface area contributed by atoms with Crippen molar-refractivity contribution >= 4 is 17.5 Å². The van der Waals surface area contributed by atoms with Crippen LogP contribution in [0.2, 0.25) is 0 Å². The van der Waals surface area contributed by atoms with E-state index in [-0.39, 0.29) is 23.8 Å². The molecule has 0 aliphatic heterocycles. The molecule has 154 valence electrons. The SMILES string of the molecule is CC(C)c1ccc(C(=O)/C=C/c2ccc(COc3cc(F)ccc3[N+](=O)[O-])o2)cc1. The zero-order valence-corrected chi connectivity index (χ0v) is 16.5. The van der Waals surface area contributed by atoms with Crippen LogP contribution in [0.1, 0.15) is 47.2 Å². The quantitative estimate of drug-likeness (QED) is 0.199. The first-order chi connectivity index (χ1) is 14.3. The van der Waals surface area contributed by atoms with Crippen LogP contribution >= 0.6 is 0 Å². The minimum atomic E-state index is -0.648. The summed E-state index contributed by atoms with van der Waals surface area (Å²) in [4.78, 5) is 22.7. The van der Waals surface area contributed by atoms with Gasteiger partial charge in [-0.25, -0.2) is 4.39 Å². The van der Waals surface area contributed by atoms with E-state index in [4.69, 9.17) is 9.15 Å². The molecule has 0 aliphatic carbocycles. The van der Waals surface area contributed by atoms with Gasteiger partial charge in [-0.2, -0.15) is 0 Å². The average Bonchev–Trinajstić information content (AvgIpc) is 3.18. The molecule has 7 heteroatoms. The smallest absolute Gasteiger partial charge is 0.311 e. The highest BCUT2D eigenvalue weighted by Gasteiger charge is 2.16. The van der Waals surface area contributed by atoms with Gasteiger partial charge in [-0.3, -0.25) is 14.9 Å². The molecule has 0 unspecified atom stereocenters. The molecule has 1 heterocycles. The molecule has 6 nitrogen and oxygen atoms in total. The first kappa shape index (κ1) is 21.0. The predicted molar refractivity (Wildman–Crippen MR) is 110 cm³/mol. The molecule has 3 aromatic rings. The molecule has 2 aromatic carbocycles. The average molecular weight is 409 g/mol. The summed E-state index contributed by atoms with van der Waals surface area (Å²) in [7, 11) is 0. The highest BCUT2D eigenvalue weighted by molar-refractivity contribution is 6.06. The number of halogens is 1. The van der Waals surface area contributed by atoms with Gasteiger partial charge in [-0.05, 0) is 41.8 Å². The fourth-order valence-corrected chi connectivity index (χ4v) is 2.75. The number of nitro benzene ring substituents is 1. The Morgan fingerprint density at radius 2 is 1.90 bits per heavy atom. The van der Waals surface area contributed by atoms with Gasteiger partial charge in [0, 0.05) is 17.7 Å². The number of nitro groups is 1. The fourth-order valence-electron chi connectivity index (χ4n) is 2.75. The highest BCUT2D eigenvalue weighted by atomic mass is 19.1. The zero-order valence-electron chi connectivity index (χ0n) is 16.5. The summed E-state index contributed by atoms with van der Waals surface area (Å²) in [5.41, 5.74) is 1.39. The lowest BCUT2D eigenvalue weighted by Crippen LogP contribution is -1.99. The number of allylic oxidation sites excluding steroid dienone is 1. The molecular weight excluding hydrogens is 389 g/mol. The molecule has 0 atom stereocenters. The number of ketones is 1. The Morgan fingerprint density at radius 1 is 1.17 bits per heavy atom. The molecule has 0 bridgehead atoms. The molecule has 0 radical (unpaired) electrons. The standard InChI is InChI=1S/C23H20FNO5/c1-15(2)16-3-5-17(6-4-16)22(26)12-10-19-8-9-20(30-19)14-29-23-13-18(24)7-11-21(23)25(27)28/h3-13,15H,14H2,1-2H3/b12-10+. The van der Waals surface area contributed by atoms with Gasteiger partial charge in [-0.1, -0.05) is 38.1 Å². The van der Waals surface area contributed by atoms with Crippen molar-refractivity contribution in [3.63, 3.8) is 0 Å². The van der Waals surface area contributed by atoms with E-state index in [0.29, 0.717) is 23.0 Å². The summed E-state index contributed by atoms with van der Waals surface area (Å²) in [5.74, 6) is 0.209. The second-order valence-corrected chi connectivity index (χ2v) is 6.94. The van der Waals surface area contributed by atoms with Crippen LogP contribution in [0.5, 0.6) is 5.75 Å². The Kier molecular flexibility index (Phi) is 6.41. The number of ether oxygens (including phenoxy) is 1. The predicted octanol–water partition coefficient (Wildman–Crippen LogP) is 5.93. The van der Waals surface area contributed by atoms with Gasteiger partial charge in [0.1, 0.15) is 23.9 Å². The summed E-state index contributed by atoms with van der Waals surface area (Å²) in [5, 5.41) is 11.0. The van der Waals surface area contributed by atoms with E-state index in [1.807, 2.05) is 12.1 Å². The van der Waals surface area contributed by atoms with Crippen molar-refractivity contribution in [1.29, 1.82) is 0 Å². The monoisotopic (exact) mass is 409 g/mol. The van der Waals surface area contributed by atoms with Gasteiger partial charge in [-0.15, -0.1) is 0 Å². The molecule has 30 heavy (non-hydrogen) atoms. The molecule has 0 fully saturated rings. The van der Waals surface area contributed by atoms with Crippen molar-refractivity contribution < 1.29 is 23.3 Å². The number of furan rings is 1. The van der Waals surface area contributed by atoms with E-state index in [9.17, 15) is 19.3 Å². The first-order valence-electron chi connectivity index (χ1n) is 9.31. The van der Waals surface area contributed by atoms with Crippen molar-refractivity contribution in [2.75, 3.05) is 0 Å². The maximum absolute atomic E-state index is 13.4. The van der Waals surface area contributed by atoms with Gasteiger partial charge in [0.15, 0.2) is 11.5 Å². The third-order valence-corrected chi connectivity index (χ3v) is 4.43. The van der Waals surface area contributed by atoms with Crippen molar-refractivity contribution in [2.24, 2.45) is 0 Å². The normalized spacial score (nSPS) is 11.2. The number of carbonyl (C=O) groups is 1. The molecule has 3 rings (SSSR count). The van der Waals surface area contributed by atoms with Crippen molar-refractivity contribution in [2.45, 2.75) is 26.4 Å². The van der Waals surface area contributed by atoms with Crippen molar-refractivity contribution in [3.8, 4) is 5.75 Å². The Hall–Kier alpha value is -3.74. The molecule has 1 aromatic heterocycles. The van der Waals surface area contributed by atoms with Crippen LogP contribution in [-0.4, -0.2) is 10.7 Å². The molecule has 0 aliphatic rings. The molecule has 0 N–H and O–H groups in total. The number of hydrogen-bond acceptors (Lipinski definition) is 5. The second kappa shape index (κ2) is 9.17. The van der Waals surface area contributed by atoms with Gasteiger partial charge in [0.25, 0.3) is 0 Å². The Bertz CT molecular complexity index is 1080. The third kappa shape index (κ3) is 5.20. The number of carbonyl (C=O) groups excluding carboxylic acids is 1. The number of rotatable bonds is 8. The van der Waals surface area contributed by atoms with E-state index >= 15 is 0 Å². The fraction of sp³-hybridized carbons (Fsp3) is 0.174. The van der Waals surface area contributed by atoms with E-state index in [1.54, 1.807) is 24.3 Å². The number of benzene rings is 2. The van der Waals surface area contributed by atoms with Gasteiger partial charge < -0.3 is 9.15 Å². The van der Waals surface area contributed by atoms with Gasteiger partial charge in [0.2, 0.25) is 0 Å². The second-order valence-electron chi connectivity index (χ2n) is 6.94. The minimum Gasteiger partial charge on any atom is -0.479 e. The third-order valence-electron chi connectivity index (χ3n) is 4.43. The molecule has 0 amide bonds. The van der Waals surface area contributed by atoms with E-state index < -0.39 is 10.7 Å². The first-order valence-corrected chi connectivity index (χ1v) is 9.31. The molecule has 0 spiro atoms. The lowest BCUT2D eigenvalue weighted by atomic mass is 10.0. The van der Waals surface area contributed by atoms with E-state index in [2.05, 4.69) is 13.8 Å². The summed E-state index contributed by atoms with van der Waals surface area (Å²) in [6.07, 6.45) is 2.94. The maximum Gasteiger partial charge on any atom is 0.311 e. The van der Waals surface area contributed by atoms with Crippen LogP contribution in [-0.2, 0) is 6.61 Å². The van der Waals surface area contributed by atoms with E-state index in [1.165, 1.54) is 12.2 Å². The maximum atomic E-state index is 13.4. The Balaban J connectivity index is 1.63. The Labute approximate surface area is 172 Å². The summed E-state index contributed by atoms with van der Waals surface area (Å²) in [6, 6.07) is 13.7. The van der Waals surface area contributed by atoms with Crippen molar-refractivity contribution in [1.82, 2.24) is 0 Å². The Morgan fingerprint density at radius 3 is 2.57 bits per heavy atom. The lowest BCUT2D eigenvalue weighted by Gasteiger charge is -2.05. The summed E-state index contributed by atoms with van der Waals surface area (Å²) in [6.45, 7) is 4.05. The van der Waals surface area contributed by atoms with Crippen LogP contribution in [0.25, 0.3) is 6.08 Å². The topological polar surface area (TPSA) is 82.6 Å².